The molecule has 2 heterocycles. The number of nitriles is 2. The van der Waals surface area contributed by atoms with E-state index in [9.17, 15) is 10.1 Å². The van der Waals surface area contributed by atoms with Crippen molar-refractivity contribution < 1.29 is 4.79 Å². The van der Waals surface area contributed by atoms with Crippen LogP contribution in [-0.2, 0) is 11.3 Å². The maximum Gasteiger partial charge on any atom is 0.242 e. The lowest BCUT2D eigenvalue weighted by atomic mass is 10.1. The van der Waals surface area contributed by atoms with E-state index in [0.717, 1.165) is 45.4 Å². The summed E-state index contributed by atoms with van der Waals surface area (Å²) in [6, 6.07) is 12.0. The van der Waals surface area contributed by atoms with Crippen molar-refractivity contribution in [2.45, 2.75) is 84.6 Å². The van der Waals surface area contributed by atoms with E-state index in [-0.39, 0.29) is 18.0 Å². The molecule has 0 aromatic heterocycles. The minimum Gasteiger partial charge on any atom is -0.322 e. The third kappa shape index (κ3) is 6.57. The van der Waals surface area contributed by atoms with Crippen molar-refractivity contribution in [2.24, 2.45) is 11.7 Å². The summed E-state index contributed by atoms with van der Waals surface area (Å²) in [5.41, 5.74) is 8.21. The fourth-order valence-corrected chi connectivity index (χ4v) is 5.07. The molecule has 2 aliphatic heterocycles. The van der Waals surface area contributed by atoms with Gasteiger partial charge >= 0.3 is 0 Å². The van der Waals surface area contributed by atoms with Gasteiger partial charge in [-0.25, -0.2) is 0 Å². The van der Waals surface area contributed by atoms with Gasteiger partial charge in [0, 0.05) is 44.8 Å². The first-order valence-electron chi connectivity index (χ1n) is 13.0. The first-order valence-corrected chi connectivity index (χ1v) is 13.0. The topological polar surface area (TPSA) is 100 Å². The Morgan fingerprint density at radius 1 is 1.12 bits per heavy atom. The predicted octanol–water partition coefficient (Wildman–Crippen LogP) is 3.35. The third-order valence-electron chi connectivity index (χ3n) is 6.91. The molecule has 0 bridgehead atoms. The zero-order valence-electron chi connectivity index (χ0n) is 21.6. The molecular formula is C27H42N6O. The van der Waals surface area contributed by atoms with Crippen LogP contribution in [0.3, 0.4) is 0 Å². The maximum atomic E-state index is 12.9. The van der Waals surface area contributed by atoms with E-state index in [1.165, 1.54) is 5.56 Å². The van der Waals surface area contributed by atoms with Gasteiger partial charge in [0.2, 0.25) is 5.91 Å². The van der Waals surface area contributed by atoms with Gasteiger partial charge in [-0.1, -0.05) is 46.8 Å². The highest BCUT2D eigenvalue weighted by atomic mass is 16.2. The molecular weight excluding hydrogens is 424 g/mol. The molecule has 3 fully saturated rings. The highest BCUT2D eigenvalue weighted by Gasteiger charge is 2.54. The normalized spacial score (nSPS) is 26.5. The minimum absolute atomic E-state index is 0.0559. The van der Waals surface area contributed by atoms with E-state index in [2.05, 4.69) is 28.9 Å². The van der Waals surface area contributed by atoms with Crippen LogP contribution < -0.4 is 5.73 Å². The van der Waals surface area contributed by atoms with Crippen LogP contribution in [0.1, 0.15) is 65.0 Å². The molecule has 2 saturated heterocycles. The number of rotatable bonds is 6. The van der Waals surface area contributed by atoms with Crippen molar-refractivity contribution in [2.75, 3.05) is 26.2 Å². The molecule has 1 aromatic rings. The molecule has 1 saturated carbocycles. The van der Waals surface area contributed by atoms with Crippen molar-refractivity contribution in [1.82, 2.24) is 14.7 Å². The molecule has 5 atom stereocenters. The van der Waals surface area contributed by atoms with Crippen LogP contribution in [0.2, 0.25) is 0 Å². The number of hydrogen-bond donors (Lipinski definition) is 1. The number of carbonyl (C=O) groups is 1. The van der Waals surface area contributed by atoms with E-state index in [0.29, 0.717) is 24.1 Å². The molecule has 1 aliphatic carbocycles. The number of carbonyl (C=O) groups excluding carboxylic acids is 1. The Hall–Kier alpha value is -2.45. The molecule has 0 spiro atoms. The van der Waals surface area contributed by atoms with Gasteiger partial charge in [-0.3, -0.25) is 14.6 Å². The van der Waals surface area contributed by atoms with E-state index in [1.54, 1.807) is 4.90 Å². The minimum atomic E-state index is -0.567. The van der Waals surface area contributed by atoms with Gasteiger partial charge in [0.05, 0.1) is 23.7 Å². The number of piperazine rings is 1. The second-order valence-electron chi connectivity index (χ2n) is 8.90. The SMILES string of the molecule is CC.CC.CC[C@H]1CN(CC(N)C(=O)N2C(C#N)CC3CC32)CCN1Cc1ccc(C#N)cc1. The molecule has 7 heteroatoms. The van der Waals surface area contributed by atoms with Crippen LogP contribution in [0.15, 0.2) is 24.3 Å². The number of amides is 1. The van der Waals surface area contributed by atoms with Gasteiger partial charge in [-0.2, -0.15) is 10.5 Å². The Balaban J connectivity index is 0.000000970. The standard InChI is InChI=1S/C23H30N6O.2C2H6/c1-2-19-14-27(7-8-28(19)13-17-5-3-16(11-24)4-6-17)15-21(26)23(30)29-20(12-25)9-18-10-22(18)29;2*1-2/h3-6,18-22H,2,7-10,13-15,26H2,1H3;2*1-2H3/t18?,19-,20?,21?,22?;;/m0../s1. The molecule has 1 aromatic carbocycles. The van der Waals surface area contributed by atoms with Crippen molar-refractivity contribution in [1.29, 1.82) is 10.5 Å². The zero-order valence-corrected chi connectivity index (χ0v) is 21.6. The van der Waals surface area contributed by atoms with Crippen LogP contribution in [0, 0.1) is 28.6 Å². The van der Waals surface area contributed by atoms with E-state index < -0.39 is 6.04 Å². The molecule has 186 valence electrons. The Morgan fingerprint density at radius 3 is 2.38 bits per heavy atom. The molecule has 3 aliphatic rings. The molecule has 4 rings (SSSR count). The number of hydrogen-bond acceptors (Lipinski definition) is 6. The average molecular weight is 467 g/mol. The second-order valence-corrected chi connectivity index (χ2v) is 8.90. The van der Waals surface area contributed by atoms with E-state index >= 15 is 0 Å². The van der Waals surface area contributed by atoms with Crippen LogP contribution in [0.4, 0.5) is 0 Å². The zero-order chi connectivity index (χ0) is 25.3. The summed E-state index contributed by atoms with van der Waals surface area (Å²) in [5, 5.41) is 18.3. The lowest BCUT2D eigenvalue weighted by molar-refractivity contribution is -0.134. The van der Waals surface area contributed by atoms with Gasteiger partial charge in [0.15, 0.2) is 0 Å². The lowest BCUT2D eigenvalue weighted by Crippen LogP contribution is -2.57. The lowest BCUT2D eigenvalue weighted by Gasteiger charge is -2.42. The first kappa shape index (κ1) is 27.8. The summed E-state index contributed by atoms with van der Waals surface area (Å²) in [4.78, 5) is 19.5. The van der Waals surface area contributed by atoms with Crippen molar-refractivity contribution in [3.05, 3.63) is 35.4 Å². The number of benzene rings is 1. The Kier molecular flexibility index (Phi) is 11.0. The molecule has 4 unspecified atom stereocenters. The van der Waals surface area contributed by atoms with Crippen LogP contribution in [-0.4, -0.2) is 71.0 Å². The van der Waals surface area contributed by atoms with Gasteiger partial charge in [0.1, 0.15) is 6.04 Å². The van der Waals surface area contributed by atoms with Crippen molar-refractivity contribution >= 4 is 5.91 Å². The average Bonchev–Trinajstić information content (AvgIpc) is 3.56. The van der Waals surface area contributed by atoms with Crippen molar-refractivity contribution in [3.8, 4) is 12.1 Å². The monoisotopic (exact) mass is 466 g/mol. The fourth-order valence-electron chi connectivity index (χ4n) is 5.07. The second kappa shape index (κ2) is 13.4. The Bertz CT molecular complexity index is 857. The van der Waals surface area contributed by atoms with Gasteiger partial charge in [-0.15, -0.1) is 0 Å². The summed E-state index contributed by atoms with van der Waals surface area (Å²) >= 11 is 0. The first-order chi connectivity index (χ1) is 16.5. The summed E-state index contributed by atoms with van der Waals surface area (Å²) in [7, 11) is 0. The molecule has 7 nitrogen and oxygen atoms in total. The number of fused-ring (bicyclic) bond motifs is 1. The van der Waals surface area contributed by atoms with E-state index in [1.807, 2.05) is 52.0 Å². The quantitative estimate of drug-likeness (QED) is 0.690. The Labute approximate surface area is 206 Å². The third-order valence-corrected chi connectivity index (χ3v) is 6.91. The highest BCUT2D eigenvalue weighted by molar-refractivity contribution is 5.83. The fraction of sp³-hybridized carbons (Fsp3) is 0.667. The van der Waals surface area contributed by atoms with Gasteiger partial charge < -0.3 is 10.6 Å². The van der Waals surface area contributed by atoms with Gasteiger partial charge in [-0.05, 0) is 42.9 Å². The van der Waals surface area contributed by atoms with Crippen LogP contribution >= 0.6 is 0 Å². The number of nitrogens with two attached hydrogens (primary N) is 1. The number of nitrogens with zero attached hydrogens (tertiary/aromatic N) is 5. The smallest absolute Gasteiger partial charge is 0.242 e. The van der Waals surface area contributed by atoms with Gasteiger partial charge in [0.25, 0.3) is 0 Å². The van der Waals surface area contributed by atoms with Crippen LogP contribution in [0.25, 0.3) is 0 Å². The maximum absolute atomic E-state index is 12.9. The number of likely N-dealkylation sites (tertiary alicyclic amines) is 1. The molecule has 34 heavy (non-hydrogen) atoms. The van der Waals surface area contributed by atoms with Crippen molar-refractivity contribution in [3.63, 3.8) is 0 Å². The Morgan fingerprint density at radius 2 is 1.79 bits per heavy atom. The molecule has 2 N–H and O–H groups in total. The largest absolute Gasteiger partial charge is 0.322 e. The molecule has 1 amide bonds. The highest BCUT2D eigenvalue weighted by Crippen LogP contribution is 2.47. The number of piperidine rings is 1. The summed E-state index contributed by atoms with van der Waals surface area (Å²) in [6.07, 6.45) is 2.87. The predicted molar refractivity (Wildman–Crippen MR) is 136 cm³/mol. The molecule has 0 radical (unpaired) electrons. The summed E-state index contributed by atoms with van der Waals surface area (Å²) in [5.74, 6) is 0.459. The van der Waals surface area contributed by atoms with E-state index in [4.69, 9.17) is 11.0 Å². The van der Waals surface area contributed by atoms with Crippen LogP contribution in [0.5, 0.6) is 0 Å². The summed E-state index contributed by atoms with van der Waals surface area (Å²) < 4.78 is 0. The summed E-state index contributed by atoms with van der Waals surface area (Å²) in [6.45, 7) is 14.3.